The minimum absolute atomic E-state index is 0.266. The number of nitrogens with one attached hydrogen (secondary N) is 2. The van der Waals surface area contributed by atoms with Crippen LogP contribution in [0.25, 0.3) is 5.69 Å². The van der Waals surface area contributed by atoms with E-state index in [0.717, 1.165) is 12.1 Å². The lowest BCUT2D eigenvalue weighted by Gasteiger charge is -2.04. The van der Waals surface area contributed by atoms with Gasteiger partial charge in [-0.2, -0.15) is 0 Å². The Morgan fingerprint density at radius 2 is 1.74 bits per heavy atom. The fourth-order valence-corrected chi connectivity index (χ4v) is 1.48. The van der Waals surface area contributed by atoms with E-state index < -0.39 is 39.2 Å². The number of nitro benzene ring substituents is 1. The van der Waals surface area contributed by atoms with Gasteiger partial charge in [0.2, 0.25) is 0 Å². The summed E-state index contributed by atoms with van der Waals surface area (Å²) in [4.78, 5) is 47.2. The Morgan fingerprint density at radius 1 is 1.16 bits per heavy atom. The molecule has 0 saturated heterocycles. The quantitative estimate of drug-likeness (QED) is 0.547. The molecule has 0 bridgehead atoms. The Hall–Kier alpha value is -3.04. The van der Waals surface area contributed by atoms with Crippen molar-refractivity contribution in [1.29, 1.82) is 0 Å². The van der Waals surface area contributed by atoms with Gasteiger partial charge in [0.15, 0.2) is 0 Å². The number of benzene rings is 1. The van der Waals surface area contributed by atoms with Crippen LogP contribution in [0.5, 0.6) is 0 Å². The molecule has 9 nitrogen and oxygen atoms in total. The molecule has 0 aliphatic carbocycles. The molecule has 2 rings (SSSR count). The van der Waals surface area contributed by atoms with Crippen LogP contribution in [0.4, 0.5) is 10.1 Å². The van der Waals surface area contributed by atoms with Gasteiger partial charge < -0.3 is 0 Å². The Morgan fingerprint density at radius 3 is 2.26 bits per heavy atom. The highest BCUT2D eigenvalue weighted by molar-refractivity contribution is 5.52. The van der Waals surface area contributed by atoms with E-state index in [1.54, 1.807) is 9.97 Å². The van der Waals surface area contributed by atoms with Crippen LogP contribution in [0.1, 0.15) is 0 Å². The normalized spacial score (nSPS) is 10.4. The third-order valence-corrected chi connectivity index (χ3v) is 2.22. The van der Waals surface area contributed by atoms with Crippen LogP contribution in [0, 0.1) is 15.9 Å². The van der Waals surface area contributed by atoms with Gasteiger partial charge in [-0.3, -0.25) is 20.1 Å². The van der Waals surface area contributed by atoms with Crippen LogP contribution in [0.2, 0.25) is 0 Å². The molecular weight excluding hydrogens is 263 g/mol. The van der Waals surface area contributed by atoms with Gasteiger partial charge in [0.1, 0.15) is 11.5 Å². The third-order valence-electron chi connectivity index (χ3n) is 2.22. The topological polar surface area (TPSA) is 131 Å². The molecule has 1 aromatic heterocycles. The van der Waals surface area contributed by atoms with Crippen LogP contribution in [0.15, 0.2) is 32.6 Å². The molecule has 0 spiro atoms. The molecule has 98 valence electrons. The van der Waals surface area contributed by atoms with Gasteiger partial charge >= 0.3 is 17.1 Å². The summed E-state index contributed by atoms with van der Waals surface area (Å²) in [5.74, 6) is -0.877. The zero-order chi connectivity index (χ0) is 14.2. The van der Waals surface area contributed by atoms with Gasteiger partial charge in [-0.15, -0.1) is 0 Å². The standard InChI is InChI=1S/C9H5FN4O5/c10-4-1-2-5(14(18)19)6(3-4)13-8(16)11-7(15)12-9(13)17/h1-3H,(H2,11,12,15,16,17). The first kappa shape index (κ1) is 12.4. The number of aromatic amines is 2. The van der Waals surface area contributed by atoms with E-state index in [9.17, 15) is 28.9 Å². The Balaban J connectivity index is 2.90. The highest BCUT2D eigenvalue weighted by Gasteiger charge is 2.19. The molecule has 0 fully saturated rings. The number of halogens is 1. The van der Waals surface area contributed by atoms with E-state index in [1.807, 2.05) is 0 Å². The first-order valence-corrected chi connectivity index (χ1v) is 4.80. The predicted octanol–water partition coefficient (Wildman–Crippen LogP) is -0.739. The van der Waals surface area contributed by atoms with E-state index in [-0.39, 0.29) is 4.57 Å². The maximum Gasteiger partial charge on any atom is 0.338 e. The number of hydrogen-bond acceptors (Lipinski definition) is 5. The van der Waals surface area contributed by atoms with Gasteiger partial charge in [0.25, 0.3) is 5.69 Å². The lowest BCUT2D eigenvalue weighted by Crippen LogP contribution is -2.42. The van der Waals surface area contributed by atoms with E-state index in [2.05, 4.69) is 0 Å². The number of aromatic nitrogens is 3. The maximum absolute atomic E-state index is 13.1. The Kier molecular flexibility index (Phi) is 2.83. The zero-order valence-electron chi connectivity index (χ0n) is 9.05. The molecule has 10 heteroatoms. The van der Waals surface area contributed by atoms with Crippen molar-refractivity contribution in [3.63, 3.8) is 0 Å². The molecule has 0 aliphatic rings. The van der Waals surface area contributed by atoms with E-state index in [4.69, 9.17) is 0 Å². The molecule has 2 aromatic rings. The van der Waals surface area contributed by atoms with Gasteiger partial charge in [-0.05, 0) is 6.07 Å². The molecule has 0 unspecified atom stereocenters. The highest BCUT2D eigenvalue weighted by atomic mass is 19.1. The fraction of sp³-hybridized carbons (Fsp3) is 0. The number of rotatable bonds is 2. The summed E-state index contributed by atoms with van der Waals surface area (Å²) < 4.78 is 13.4. The summed E-state index contributed by atoms with van der Waals surface area (Å²) in [5.41, 5.74) is -4.70. The van der Waals surface area contributed by atoms with Crippen LogP contribution in [0.3, 0.4) is 0 Å². The maximum atomic E-state index is 13.1. The monoisotopic (exact) mass is 268 g/mol. The van der Waals surface area contributed by atoms with Gasteiger partial charge in [-0.25, -0.2) is 23.3 Å². The first-order valence-electron chi connectivity index (χ1n) is 4.80. The average molecular weight is 268 g/mol. The van der Waals surface area contributed by atoms with Crippen molar-refractivity contribution in [2.24, 2.45) is 0 Å². The largest absolute Gasteiger partial charge is 0.338 e. The second-order valence-electron chi connectivity index (χ2n) is 3.41. The average Bonchev–Trinajstić information content (AvgIpc) is 2.27. The van der Waals surface area contributed by atoms with Crippen molar-refractivity contribution >= 4 is 5.69 Å². The molecular formula is C9H5FN4O5. The van der Waals surface area contributed by atoms with Crippen LogP contribution >= 0.6 is 0 Å². The SMILES string of the molecule is O=c1[nH]c(=O)n(-c2cc(F)ccc2[N+](=O)[O-])c(=O)[nH]1. The minimum Gasteiger partial charge on any atom is -0.258 e. The predicted molar refractivity (Wildman–Crippen MR) is 59.9 cm³/mol. The van der Waals surface area contributed by atoms with Crippen LogP contribution in [-0.2, 0) is 0 Å². The van der Waals surface area contributed by atoms with Gasteiger partial charge in [0.05, 0.1) is 4.92 Å². The van der Waals surface area contributed by atoms with E-state index in [0.29, 0.717) is 6.07 Å². The molecule has 0 aliphatic heterocycles. The van der Waals surface area contributed by atoms with Crippen molar-refractivity contribution in [3.8, 4) is 5.69 Å². The molecule has 19 heavy (non-hydrogen) atoms. The van der Waals surface area contributed by atoms with Crippen molar-refractivity contribution in [2.75, 3.05) is 0 Å². The fourth-order valence-electron chi connectivity index (χ4n) is 1.48. The number of nitro groups is 1. The molecule has 0 amide bonds. The van der Waals surface area contributed by atoms with Gasteiger partial charge in [0, 0.05) is 12.1 Å². The van der Waals surface area contributed by atoms with Crippen LogP contribution in [-0.4, -0.2) is 19.5 Å². The first-order chi connectivity index (χ1) is 8.90. The Labute approximate surface area is 102 Å². The van der Waals surface area contributed by atoms with E-state index >= 15 is 0 Å². The molecule has 1 heterocycles. The molecule has 0 atom stereocenters. The second kappa shape index (κ2) is 4.33. The van der Waals surface area contributed by atoms with Crippen LogP contribution < -0.4 is 17.1 Å². The number of H-pyrrole nitrogens is 2. The molecule has 0 radical (unpaired) electrons. The summed E-state index contributed by atoms with van der Waals surface area (Å²) in [6, 6.07) is 2.27. The molecule has 1 aromatic carbocycles. The molecule has 0 saturated carbocycles. The third kappa shape index (κ3) is 2.18. The Bertz CT molecular complexity index is 799. The smallest absolute Gasteiger partial charge is 0.258 e. The lowest BCUT2D eigenvalue weighted by atomic mass is 10.2. The van der Waals surface area contributed by atoms with Gasteiger partial charge in [-0.1, -0.05) is 0 Å². The van der Waals surface area contributed by atoms with Crippen molar-refractivity contribution < 1.29 is 9.31 Å². The summed E-state index contributed by atoms with van der Waals surface area (Å²) in [7, 11) is 0. The number of hydrogen-bond donors (Lipinski definition) is 2. The second-order valence-corrected chi connectivity index (χ2v) is 3.41. The summed E-state index contributed by atoms with van der Waals surface area (Å²) in [6.45, 7) is 0. The summed E-state index contributed by atoms with van der Waals surface area (Å²) >= 11 is 0. The summed E-state index contributed by atoms with van der Waals surface area (Å²) in [6.07, 6.45) is 0. The summed E-state index contributed by atoms with van der Waals surface area (Å²) in [5, 5.41) is 10.8. The van der Waals surface area contributed by atoms with E-state index in [1.165, 1.54) is 0 Å². The number of nitrogens with zero attached hydrogens (tertiary/aromatic N) is 2. The highest BCUT2D eigenvalue weighted by Crippen LogP contribution is 2.21. The van der Waals surface area contributed by atoms with Crippen molar-refractivity contribution in [1.82, 2.24) is 14.5 Å². The zero-order valence-corrected chi connectivity index (χ0v) is 9.05. The minimum atomic E-state index is -1.21. The van der Waals surface area contributed by atoms with Crippen molar-refractivity contribution in [3.05, 3.63) is 65.6 Å². The lowest BCUT2D eigenvalue weighted by molar-refractivity contribution is -0.384. The molecule has 2 N–H and O–H groups in total. The van der Waals surface area contributed by atoms with Crippen molar-refractivity contribution in [2.45, 2.75) is 0 Å².